The molecule has 6 atom stereocenters. The number of ketones is 2. The van der Waals surface area contributed by atoms with E-state index in [-0.39, 0.29) is 29.0 Å². The first-order valence-electron chi connectivity index (χ1n) is 9.75. The van der Waals surface area contributed by atoms with Crippen LogP contribution < -0.4 is 0 Å². The van der Waals surface area contributed by atoms with Crippen LogP contribution in [0.25, 0.3) is 0 Å². The van der Waals surface area contributed by atoms with E-state index in [1.807, 2.05) is 19.9 Å². The Morgan fingerprint density at radius 2 is 2.04 bits per heavy atom. The molecule has 3 nitrogen and oxygen atoms in total. The monoisotopic (exact) mass is 408 g/mol. The van der Waals surface area contributed by atoms with Gasteiger partial charge in [-0.2, -0.15) is 0 Å². The van der Waals surface area contributed by atoms with Gasteiger partial charge >= 0.3 is 0 Å². The first-order valence-corrected chi connectivity index (χ1v) is 10.6. The zero-order valence-electron chi connectivity index (χ0n) is 16.0. The molecule has 0 aromatic rings. The molecule has 0 aromatic carbocycles. The Labute approximate surface area is 170 Å². The largest absolute Gasteiger partial charge is 0.381 e. The van der Waals surface area contributed by atoms with E-state index in [0.29, 0.717) is 6.42 Å². The molecule has 0 bridgehead atoms. The molecule has 27 heavy (non-hydrogen) atoms. The molecule has 0 aromatic heterocycles. The van der Waals surface area contributed by atoms with Crippen LogP contribution in [-0.4, -0.2) is 27.1 Å². The summed E-state index contributed by atoms with van der Waals surface area (Å²) in [6.07, 6.45) is 10.9. The SMILES string of the molecule is C[C@H]1CC2C3CCC4=CC(=O)C=C[C@]4(C)C3=CC[C@]2(C)[C@@]1(O)C(=O)C(Cl)Cl. The first-order chi connectivity index (χ1) is 12.6. The topological polar surface area (TPSA) is 54.4 Å². The van der Waals surface area contributed by atoms with Crippen LogP contribution in [0, 0.1) is 28.6 Å². The Kier molecular flexibility index (Phi) is 4.35. The van der Waals surface area contributed by atoms with Crippen molar-refractivity contribution in [2.75, 3.05) is 0 Å². The lowest BCUT2D eigenvalue weighted by Gasteiger charge is -2.53. The van der Waals surface area contributed by atoms with E-state index in [4.69, 9.17) is 23.2 Å². The van der Waals surface area contributed by atoms with Gasteiger partial charge in [-0.3, -0.25) is 9.59 Å². The summed E-state index contributed by atoms with van der Waals surface area (Å²) in [5, 5.41) is 11.6. The van der Waals surface area contributed by atoms with Gasteiger partial charge in [0.2, 0.25) is 0 Å². The number of carbonyl (C=O) groups is 2. The molecular weight excluding hydrogens is 383 g/mol. The van der Waals surface area contributed by atoms with Gasteiger partial charge in [0.15, 0.2) is 16.4 Å². The molecule has 0 heterocycles. The Hall–Kier alpha value is -0.900. The maximum atomic E-state index is 12.8. The van der Waals surface area contributed by atoms with Crippen molar-refractivity contribution in [1.29, 1.82) is 0 Å². The lowest BCUT2D eigenvalue weighted by Crippen LogP contribution is -2.58. The van der Waals surface area contributed by atoms with Gasteiger partial charge in [-0.05, 0) is 62.5 Å². The van der Waals surface area contributed by atoms with E-state index in [1.165, 1.54) is 11.1 Å². The maximum absolute atomic E-state index is 12.8. The standard InChI is InChI=1S/C22H26Cl2O3/c1-12-10-17-15-5-4-13-11-14(25)6-8-20(13,2)16(15)7-9-21(17,3)22(12,27)18(26)19(23)24/h6-8,11-12,15,17,19,27H,4-5,9-10H2,1-3H3/t12-,15?,17?,20-,21-,22-/m0/s1. The molecule has 0 amide bonds. The summed E-state index contributed by atoms with van der Waals surface area (Å²) in [5.74, 6) is -0.117. The minimum Gasteiger partial charge on any atom is -0.381 e. The van der Waals surface area contributed by atoms with E-state index in [2.05, 4.69) is 13.0 Å². The molecule has 0 aliphatic heterocycles. The van der Waals surface area contributed by atoms with Crippen molar-refractivity contribution in [3.05, 3.63) is 35.5 Å². The summed E-state index contributed by atoms with van der Waals surface area (Å²) in [4.78, 5) is 23.5. The zero-order chi connectivity index (χ0) is 19.8. The highest BCUT2D eigenvalue weighted by molar-refractivity contribution is 6.54. The smallest absolute Gasteiger partial charge is 0.197 e. The third kappa shape index (κ3) is 2.37. The summed E-state index contributed by atoms with van der Waals surface area (Å²) in [7, 11) is 0. The van der Waals surface area contributed by atoms with E-state index in [1.54, 1.807) is 12.2 Å². The third-order valence-electron chi connectivity index (χ3n) is 8.10. The van der Waals surface area contributed by atoms with Gasteiger partial charge in [0.05, 0.1) is 0 Å². The highest BCUT2D eigenvalue weighted by atomic mass is 35.5. The van der Waals surface area contributed by atoms with Crippen molar-refractivity contribution in [3.8, 4) is 0 Å². The van der Waals surface area contributed by atoms with Crippen LogP contribution >= 0.6 is 23.2 Å². The molecule has 0 spiro atoms. The average Bonchev–Trinajstić information content (AvgIpc) is 2.83. The fourth-order valence-corrected chi connectivity index (χ4v) is 6.89. The normalized spacial score (nSPS) is 45.7. The van der Waals surface area contributed by atoms with Gasteiger partial charge in [0, 0.05) is 10.8 Å². The number of fused-ring (bicyclic) bond motifs is 5. The predicted octanol–water partition coefficient (Wildman–Crippen LogP) is 4.56. The molecule has 2 saturated carbocycles. The quantitative estimate of drug-likeness (QED) is 0.537. The van der Waals surface area contributed by atoms with Crippen LogP contribution in [0.1, 0.15) is 46.5 Å². The van der Waals surface area contributed by atoms with Crippen LogP contribution in [0.5, 0.6) is 0 Å². The summed E-state index contributed by atoms with van der Waals surface area (Å²) < 4.78 is 0. The van der Waals surface area contributed by atoms with E-state index < -0.39 is 21.6 Å². The molecule has 146 valence electrons. The Morgan fingerprint density at radius 3 is 2.70 bits per heavy atom. The van der Waals surface area contributed by atoms with Gasteiger partial charge in [-0.1, -0.05) is 60.3 Å². The van der Waals surface area contributed by atoms with Crippen LogP contribution in [-0.2, 0) is 9.59 Å². The number of hydrogen-bond donors (Lipinski definition) is 1. The van der Waals surface area contributed by atoms with Crippen molar-refractivity contribution >= 4 is 34.8 Å². The molecule has 4 aliphatic carbocycles. The Balaban J connectivity index is 1.79. The van der Waals surface area contributed by atoms with Crippen molar-refractivity contribution in [1.82, 2.24) is 0 Å². The zero-order valence-corrected chi connectivity index (χ0v) is 17.5. The number of aliphatic hydroxyl groups is 1. The van der Waals surface area contributed by atoms with Crippen LogP contribution in [0.4, 0.5) is 0 Å². The van der Waals surface area contributed by atoms with Crippen LogP contribution in [0.2, 0.25) is 0 Å². The summed E-state index contributed by atoms with van der Waals surface area (Å²) in [5.41, 5.74) is 0.200. The molecule has 4 aliphatic rings. The molecule has 0 saturated heterocycles. The molecule has 5 heteroatoms. The minimum atomic E-state index is -1.51. The van der Waals surface area contributed by atoms with Crippen LogP contribution in [0.3, 0.4) is 0 Å². The summed E-state index contributed by atoms with van der Waals surface area (Å²) in [6.45, 7) is 6.15. The average molecular weight is 409 g/mol. The van der Waals surface area contributed by atoms with Crippen molar-refractivity contribution in [3.63, 3.8) is 0 Å². The van der Waals surface area contributed by atoms with Crippen molar-refractivity contribution < 1.29 is 14.7 Å². The number of hydrogen-bond acceptors (Lipinski definition) is 3. The number of halogens is 2. The second-order valence-electron chi connectivity index (χ2n) is 9.21. The van der Waals surface area contributed by atoms with E-state index in [0.717, 1.165) is 19.3 Å². The van der Waals surface area contributed by atoms with Gasteiger partial charge in [0.25, 0.3) is 0 Å². The van der Waals surface area contributed by atoms with Gasteiger partial charge in [-0.15, -0.1) is 0 Å². The number of rotatable bonds is 2. The van der Waals surface area contributed by atoms with Crippen molar-refractivity contribution in [2.24, 2.45) is 28.6 Å². The summed E-state index contributed by atoms with van der Waals surface area (Å²) in [6, 6.07) is 0. The fraction of sp³-hybridized carbons (Fsp3) is 0.636. The maximum Gasteiger partial charge on any atom is 0.197 e. The summed E-state index contributed by atoms with van der Waals surface area (Å²) >= 11 is 11.8. The lowest BCUT2D eigenvalue weighted by molar-refractivity contribution is -0.156. The minimum absolute atomic E-state index is 0.0619. The second kappa shape index (κ2) is 6.05. The Bertz CT molecular complexity index is 810. The van der Waals surface area contributed by atoms with E-state index in [9.17, 15) is 14.7 Å². The molecule has 0 radical (unpaired) electrons. The van der Waals surface area contributed by atoms with Crippen LogP contribution in [0.15, 0.2) is 35.5 Å². The third-order valence-corrected chi connectivity index (χ3v) is 8.50. The molecular formula is C22H26Cl2O3. The number of Topliss-reactive ketones (excluding diaryl/α,β-unsaturated/α-hetero) is 1. The Morgan fingerprint density at radius 1 is 1.33 bits per heavy atom. The highest BCUT2D eigenvalue weighted by Crippen LogP contribution is 2.66. The number of allylic oxidation sites excluding steroid dienone is 6. The van der Waals surface area contributed by atoms with Crippen molar-refractivity contribution in [2.45, 2.75) is 56.9 Å². The number of alkyl halides is 2. The highest BCUT2D eigenvalue weighted by Gasteiger charge is 2.67. The van der Waals surface area contributed by atoms with Gasteiger partial charge in [-0.25, -0.2) is 0 Å². The fourth-order valence-electron chi connectivity index (χ4n) is 6.56. The predicted molar refractivity (Wildman–Crippen MR) is 107 cm³/mol. The van der Waals surface area contributed by atoms with Gasteiger partial charge in [0.1, 0.15) is 5.60 Å². The first kappa shape index (κ1) is 19.4. The molecule has 1 N–H and O–H groups in total. The van der Waals surface area contributed by atoms with Gasteiger partial charge < -0.3 is 5.11 Å². The lowest BCUT2D eigenvalue weighted by atomic mass is 9.51. The molecule has 2 fully saturated rings. The number of carbonyl (C=O) groups excluding carboxylic acids is 2. The molecule has 2 unspecified atom stereocenters. The molecule has 4 rings (SSSR count). The second-order valence-corrected chi connectivity index (χ2v) is 10.3. The van der Waals surface area contributed by atoms with E-state index >= 15 is 0 Å².